The molecular formula is C11H26N2O. The molecule has 0 atom stereocenters. The van der Waals surface area contributed by atoms with Gasteiger partial charge in [0, 0.05) is 31.7 Å². The number of hydrogen-bond acceptors (Lipinski definition) is 3. The van der Waals surface area contributed by atoms with E-state index in [4.69, 9.17) is 5.11 Å². The first-order valence-corrected chi connectivity index (χ1v) is 5.59. The molecule has 14 heavy (non-hydrogen) atoms. The van der Waals surface area contributed by atoms with Gasteiger partial charge in [0.1, 0.15) is 0 Å². The number of likely N-dealkylation sites (N-methyl/N-ethyl adjacent to an activating group) is 1. The monoisotopic (exact) mass is 202 g/mol. The molecule has 0 amide bonds. The van der Waals surface area contributed by atoms with Crippen LogP contribution in [0.2, 0.25) is 0 Å². The predicted octanol–water partition coefficient (Wildman–Crippen LogP) is 0.936. The van der Waals surface area contributed by atoms with Gasteiger partial charge in [0.05, 0.1) is 0 Å². The maximum atomic E-state index is 9.04. The third-order valence-corrected chi connectivity index (χ3v) is 2.53. The molecule has 0 aromatic carbocycles. The van der Waals surface area contributed by atoms with Crippen LogP contribution in [0.3, 0.4) is 0 Å². The quantitative estimate of drug-likeness (QED) is 0.575. The molecule has 2 N–H and O–H groups in total. The van der Waals surface area contributed by atoms with Crippen molar-refractivity contribution in [2.24, 2.45) is 5.41 Å². The lowest BCUT2D eigenvalue weighted by Crippen LogP contribution is -2.37. The van der Waals surface area contributed by atoms with Gasteiger partial charge in [-0.25, -0.2) is 0 Å². The highest BCUT2D eigenvalue weighted by Crippen LogP contribution is 2.10. The Morgan fingerprint density at radius 2 is 1.79 bits per heavy atom. The molecule has 0 radical (unpaired) electrons. The third kappa shape index (κ3) is 6.35. The van der Waals surface area contributed by atoms with Crippen molar-refractivity contribution < 1.29 is 5.11 Å². The van der Waals surface area contributed by atoms with Crippen molar-refractivity contribution in [2.75, 3.05) is 39.3 Å². The maximum Gasteiger partial charge on any atom is 0.0494 e. The molecular weight excluding hydrogens is 176 g/mol. The van der Waals surface area contributed by atoms with E-state index in [1.807, 2.05) is 0 Å². The SMILES string of the molecule is CCN(CC)CCNCC(C)(C)CO. The molecule has 0 saturated carbocycles. The van der Waals surface area contributed by atoms with E-state index in [0.717, 1.165) is 32.7 Å². The fourth-order valence-electron chi connectivity index (χ4n) is 1.26. The Morgan fingerprint density at radius 1 is 1.21 bits per heavy atom. The van der Waals surface area contributed by atoms with E-state index < -0.39 is 0 Å². The van der Waals surface area contributed by atoms with Crippen molar-refractivity contribution in [3.8, 4) is 0 Å². The molecule has 0 saturated heterocycles. The summed E-state index contributed by atoms with van der Waals surface area (Å²) in [6.45, 7) is 13.9. The average Bonchev–Trinajstić information content (AvgIpc) is 2.18. The Kier molecular flexibility index (Phi) is 7.15. The first-order valence-electron chi connectivity index (χ1n) is 5.59. The van der Waals surface area contributed by atoms with Crippen molar-refractivity contribution in [1.82, 2.24) is 10.2 Å². The summed E-state index contributed by atoms with van der Waals surface area (Å²) in [5, 5.41) is 12.4. The van der Waals surface area contributed by atoms with Crippen LogP contribution in [0.5, 0.6) is 0 Å². The Morgan fingerprint density at radius 3 is 2.21 bits per heavy atom. The molecule has 3 nitrogen and oxygen atoms in total. The number of rotatable bonds is 8. The second kappa shape index (κ2) is 7.21. The normalized spacial score (nSPS) is 12.4. The summed E-state index contributed by atoms with van der Waals surface area (Å²) in [5.74, 6) is 0. The van der Waals surface area contributed by atoms with Crippen LogP contribution in [0.1, 0.15) is 27.7 Å². The number of nitrogens with one attached hydrogen (secondary N) is 1. The molecule has 3 heteroatoms. The van der Waals surface area contributed by atoms with Crippen molar-refractivity contribution in [3.05, 3.63) is 0 Å². The van der Waals surface area contributed by atoms with Crippen LogP contribution in [-0.4, -0.2) is 49.3 Å². The molecule has 86 valence electrons. The van der Waals surface area contributed by atoms with E-state index >= 15 is 0 Å². The first-order chi connectivity index (χ1) is 6.55. The van der Waals surface area contributed by atoms with Crippen LogP contribution in [0.4, 0.5) is 0 Å². The lowest BCUT2D eigenvalue weighted by Gasteiger charge is -2.23. The summed E-state index contributed by atoms with van der Waals surface area (Å²) < 4.78 is 0. The van der Waals surface area contributed by atoms with Gasteiger partial charge in [-0.2, -0.15) is 0 Å². The minimum atomic E-state index is 0.00323. The van der Waals surface area contributed by atoms with Gasteiger partial charge in [-0.3, -0.25) is 0 Å². The Balaban J connectivity index is 3.45. The fourth-order valence-corrected chi connectivity index (χ4v) is 1.26. The van der Waals surface area contributed by atoms with Crippen LogP contribution in [0.15, 0.2) is 0 Å². The van der Waals surface area contributed by atoms with Crippen molar-refractivity contribution in [2.45, 2.75) is 27.7 Å². The summed E-state index contributed by atoms with van der Waals surface area (Å²) in [5.41, 5.74) is 0.00323. The van der Waals surface area contributed by atoms with E-state index in [1.165, 1.54) is 0 Å². The van der Waals surface area contributed by atoms with Gasteiger partial charge in [0.15, 0.2) is 0 Å². The van der Waals surface area contributed by atoms with E-state index in [9.17, 15) is 0 Å². The van der Waals surface area contributed by atoms with E-state index in [2.05, 4.69) is 37.9 Å². The predicted molar refractivity (Wildman–Crippen MR) is 61.5 cm³/mol. The second-order valence-electron chi connectivity index (χ2n) is 4.53. The summed E-state index contributed by atoms with van der Waals surface area (Å²) in [6, 6.07) is 0. The van der Waals surface area contributed by atoms with Crippen molar-refractivity contribution in [3.63, 3.8) is 0 Å². The van der Waals surface area contributed by atoms with Gasteiger partial charge < -0.3 is 15.3 Å². The van der Waals surface area contributed by atoms with Crippen LogP contribution >= 0.6 is 0 Å². The minimum absolute atomic E-state index is 0.00323. The number of aliphatic hydroxyl groups is 1. The minimum Gasteiger partial charge on any atom is -0.396 e. The fraction of sp³-hybridized carbons (Fsp3) is 1.00. The van der Waals surface area contributed by atoms with Gasteiger partial charge >= 0.3 is 0 Å². The number of hydrogen-bond donors (Lipinski definition) is 2. The summed E-state index contributed by atoms with van der Waals surface area (Å²) in [4.78, 5) is 2.39. The number of nitrogens with zero attached hydrogens (tertiary/aromatic N) is 1. The van der Waals surface area contributed by atoms with Crippen LogP contribution < -0.4 is 5.32 Å². The molecule has 0 fully saturated rings. The molecule has 0 unspecified atom stereocenters. The highest BCUT2D eigenvalue weighted by molar-refractivity contribution is 4.70. The van der Waals surface area contributed by atoms with E-state index in [1.54, 1.807) is 0 Å². The largest absolute Gasteiger partial charge is 0.396 e. The molecule has 0 bridgehead atoms. The lowest BCUT2D eigenvalue weighted by molar-refractivity contribution is 0.155. The van der Waals surface area contributed by atoms with Gasteiger partial charge in [-0.1, -0.05) is 27.7 Å². The van der Waals surface area contributed by atoms with Crippen molar-refractivity contribution >= 4 is 0 Å². The molecule has 0 aliphatic carbocycles. The zero-order valence-corrected chi connectivity index (χ0v) is 10.1. The standard InChI is InChI=1S/C11H26N2O/c1-5-13(6-2)8-7-12-9-11(3,4)10-14/h12,14H,5-10H2,1-4H3. The van der Waals surface area contributed by atoms with Gasteiger partial charge in [0.25, 0.3) is 0 Å². The average molecular weight is 202 g/mol. The third-order valence-electron chi connectivity index (χ3n) is 2.53. The highest BCUT2D eigenvalue weighted by Gasteiger charge is 2.15. The molecule has 0 heterocycles. The smallest absolute Gasteiger partial charge is 0.0494 e. The van der Waals surface area contributed by atoms with Gasteiger partial charge in [-0.15, -0.1) is 0 Å². The first kappa shape index (κ1) is 13.9. The maximum absolute atomic E-state index is 9.04. The zero-order chi connectivity index (χ0) is 11.0. The van der Waals surface area contributed by atoms with Crippen LogP contribution in [-0.2, 0) is 0 Å². The van der Waals surface area contributed by atoms with Crippen LogP contribution in [0, 0.1) is 5.41 Å². The Bertz CT molecular complexity index is 133. The summed E-state index contributed by atoms with van der Waals surface area (Å²) in [6.07, 6.45) is 0. The molecule has 0 spiro atoms. The Labute approximate surface area is 88.5 Å². The van der Waals surface area contributed by atoms with Gasteiger partial charge in [-0.05, 0) is 13.1 Å². The Hall–Kier alpha value is -0.120. The van der Waals surface area contributed by atoms with Crippen molar-refractivity contribution in [1.29, 1.82) is 0 Å². The molecule has 0 rings (SSSR count). The molecule has 0 aromatic rings. The van der Waals surface area contributed by atoms with E-state index in [0.29, 0.717) is 0 Å². The summed E-state index contributed by atoms with van der Waals surface area (Å²) in [7, 11) is 0. The van der Waals surface area contributed by atoms with Gasteiger partial charge in [0.2, 0.25) is 0 Å². The lowest BCUT2D eigenvalue weighted by atomic mass is 9.95. The topological polar surface area (TPSA) is 35.5 Å². The number of aliphatic hydroxyl groups excluding tert-OH is 1. The summed E-state index contributed by atoms with van der Waals surface area (Å²) >= 11 is 0. The second-order valence-corrected chi connectivity index (χ2v) is 4.53. The zero-order valence-electron chi connectivity index (χ0n) is 10.1. The van der Waals surface area contributed by atoms with E-state index in [-0.39, 0.29) is 12.0 Å². The highest BCUT2D eigenvalue weighted by atomic mass is 16.3. The molecule has 0 aliphatic rings. The molecule has 0 aliphatic heterocycles. The van der Waals surface area contributed by atoms with Crippen LogP contribution in [0.25, 0.3) is 0 Å². The molecule has 0 aromatic heterocycles.